The second-order valence-electron chi connectivity index (χ2n) is 5.08. The van der Waals surface area contributed by atoms with Crippen molar-refractivity contribution in [2.75, 3.05) is 5.32 Å². The predicted molar refractivity (Wildman–Crippen MR) is 73.9 cm³/mol. The van der Waals surface area contributed by atoms with Crippen molar-refractivity contribution < 1.29 is 5.21 Å². The molecule has 1 aromatic rings. The molecule has 2 fully saturated rings. The van der Waals surface area contributed by atoms with Gasteiger partial charge >= 0.3 is 0 Å². The van der Waals surface area contributed by atoms with Gasteiger partial charge in [-0.25, -0.2) is 0 Å². The van der Waals surface area contributed by atoms with E-state index in [0.717, 1.165) is 24.2 Å². The monoisotopic (exact) mass is 284 g/mol. The first-order valence-corrected chi connectivity index (χ1v) is 6.87. The lowest BCUT2D eigenvalue weighted by Crippen LogP contribution is -2.35. The second-order valence-corrected chi connectivity index (χ2v) is 5.95. The Hall–Kier alpha value is -0.930. The summed E-state index contributed by atoms with van der Waals surface area (Å²) in [5, 5.41) is 17.2. The van der Waals surface area contributed by atoms with Gasteiger partial charge < -0.3 is 10.5 Å². The van der Waals surface area contributed by atoms with Crippen LogP contribution in [-0.4, -0.2) is 17.0 Å². The highest BCUT2D eigenvalue weighted by atomic mass is 35.5. The van der Waals surface area contributed by atoms with E-state index in [0.29, 0.717) is 21.9 Å². The predicted octanol–water partition coefficient (Wildman–Crippen LogP) is 4.03. The third-order valence-corrected chi connectivity index (χ3v) is 4.42. The smallest absolute Gasteiger partial charge is 0.0826 e. The molecule has 2 aliphatic carbocycles. The minimum absolute atomic E-state index is 0.114. The molecule has 0 aliphatic heterocycles. The van der Waals surface area contributed by atoms with E-state index in [2.05, 4.69) is 10.5 Å². The molecule has 2 bridgehead atoms. The van der Waals surface area contributed by atoms with Gasteiger partial charge in [0.05, 0.1) is 11.8 Å². The molecule has 1 aromatic carbocycles. The summed E-state index contributed by atoms with van der Waals surface area (Å²) in [5.74, 6) is 0.991. The molecule has 2 N–H and O–H groups in total. The van der Waals surface area contributed by atoms with Gasteiger partial charge in [0.15, 0.2) is 0 Å². The lowest BCUT2D eigenvalue weighted by atomic mass is 9.93. The van der Waals surface area contributed by atoms with Crippen molar-refractivity contribution in [1.82, 2.24) is 0 Å². The molecule has 0 amide bonds. The average molecular weight is 285 g/mol. The number of benzene rings is 1. The van der Waals surface area contributed by atoms with Gasteiger partial charge in [-0.15, -0.1) is 0 Å². The van der Waals surface area contributed by atoms with E-state index < -0.39 is 0 Å². The summed E-state index contributed by atoms with van der Waals surface area (Å²) in [6.07, 6.45) is 3.44. The number of hydrogen-bond acceptors (Lipinski definition) is 3. The quantitative estimate of drug-likeness (QED) is 0.636. The first kappa shape index (κ1) is 12.1. The van der Waals surface area contributed by atoms with Crippen LogP contribution in [-0.2, 0) is 0 Å². The van der Waals surface area contributed by atoms with E-state index >= 15 is 0 Å². The number of halogens is 2. The molecular weight excluding hydrogens is 271 g/mol. The van der Waals surface area contributed by atoms with E-state index in [4.69, 9.17) is 28.4 Å². The first-order valence-electron chi connectivity index (χ1n) is 6.12. The summed E-state index contributed by atoms with van der Waals surface area (Å²) in [4.78, 5) is 0. The van der Waals surface area contributed by atoms with Crippen LogP contribution in [0.15, 0.2) is 23.4 Å². The van der Waals surface area contributed by atoms with Gasteiger partial charge in [0, 0.05) is 21.7 Å². The number of oxime groups is 1. The number of nitrogens with one attached hydrogen (secondary N) is 1. The highest BCUT2D eigenvalue weighted by Crippen LogP contribution is 2.44. The van der Waals surface area contributed by atoms with E-state index in [1.54, 1.807) is 6.07 Å². The minimum atomic E-state index is 0.114. The molecule has 0 heterocycles. The van der Waals surface area contributed by atoms with Crippen molar-refractivity contribution >= 4 is 34.6 Å². The maximum Gasteiger partial charge on any atom is 0.0826 e. The largest absolute Gasteiger partial charge is 0.411 e. The Bertz CT molecular complexity index is 484. The maximum atomic E-state index is 9.14. The van der Waals surface area contributed by atoms with Gasteiger partial charge in [-0.05, 0) is 43.4 Å². The van der Waals surface area contributed by atoms with Crippen molar-refractivity contribution in [2.24, 2.45) is 17.0 Å². The number of fused-ring (bicyclic) bond motifs is 2. The Morgan fingerprint density at radius 2 is 1.89 bits per heavy atom. The topological polar surface area (TPSA) is 44.6 Å². The van der Waals surface area contributed by atoms with Gasteiger partial charge in [-0.2, -0.15) is 0 Å². The van der Waals surface area contributed by atoms with E-state index in [-0.39, 0.29) is 6.04 Å². The van der Waals surface area contributed by atoms with Crippen LogP contribution in [0.1, 0.15) is 19.3 Å². The van der Waals surface area contributed by atoms with E-state index in [1.165, 1.54) is 6.42 Å². The van der Waals surface area contributed by atoms with Crippen LogP contribution in [0.5, 0.6) is 0 Å². The third kappa shape index (κ3) is 2.06. The normalized spacial score (nSPS) is 32.1. The van der Waals surface area contributed by atoms with Crippen LogP contribution in [0.25, 0.3) is 0 Å². The summed E-state index contributed by atoms with van der Waals surface area (Å²) in [6.45, 7) is 0. The molecule has 5 heteroatoms. The summed E-state index contributed by atoms with van der Waals surface area (Å²) in [5.41, 5.74) is 1.76. The van der Waals surface area contributed by atoms with Crippen molar-refractivity contribution in [3.05, 3.63) is 28.2 Å². The lowest BCUT2D eigenvalue weighted by Gasteiger charge is -2.25. The Morgan fingerprint density at radius 1 is 1.17 bits per heavy atom. The average Bonchev–Trinajstić information content (AvgIpc) is 2.88. The Morgan fingerprint density at radius 3 is 2.56 bits per heavy atom. The molecule has 0 spiro atoms. The first-order chi connectivity index (χ1) is 8.67. The summed E-state index contributed by atoms with van der Waals surface area (Å²) >= 11 is 12.0. The number of anilines is 1. The number of rotatable bonds is 2. The molecule has 18 heavy (non-hydrogen) atoms. The van der Waals surface area contributed by atoms with Gasteiger partial charge in [0.25, 0.3) is 0 Å². The minimum Gasteiger partial charge on any atom is -0.411 e. The van der Waals surface area contributed by atoms with E-state index in [1.807, 2.05) is 12.1 Å². The Labute approximate surface area is 116 Å². The third-order valence-electron chi connectivity index (χ3n) is 3.98. The van der Waals surface area contributed by atoms with Gasteiger partial charge in [0.1, 0.15) is 0 Å². The van der Waals surface area contributed by atoms with Crippen molar-refractivity contribution in [3.63, 3.8) is 0 Å². The van der Waals surface area contributed by atoms with Crippen LogP contribution in [0.2, 0.25) is 10.0 Å². The standard InChI is InChI=1S/C13H14Cl2N2O/c14-9-4-10(15)6-11(5-9)16-12-7-1-2-8(3-7)13(12)17-18/h4-8,12,16,18H,1-3H2/b17-13+/t7-,8-,12+/m0/s1. The molecule has 0 radical (unpaired) electrons. The van der Waals surface area contributed by atoms with Gasteiger partial charge in [-0.3, -0.25) is 0 Å². The molecule has 3 atom stereocenters. The van der Waals surface area contributed by atoms with Crippen LogP contribution >= 0.6 is 23.2 Å². The Balaban J connectivity index is 1.84. The SMILES string of the molecule is O/N=C1\[C@H]2CC[C@@H](C2)[C@H]1Nc1cc(Cl)cc(Cl)c1. The lowest BCUT2D eigenvalue weighted by molar-refractivity contribution is 0.312. The molecular formula is C13H14Cl2N2O. The van der Waals surface area contributed by atoms with Gasteiger partial charge in [0.2, 0.25) is 0 Å². The molecule has 2 saturated carbocycles. The van der Waals surface area contributed by atoms with Crippen molar-refractivity contribution in [3.8, 4) is 0 Å². The zero-order valence-corrected chi connectivity index (χ0v) is 11.2. The highest BCUT2D eigenvalue weighted by Gasteiger charge is 2.45. The fourth-order valence-corrected chi connectivity index (χ4v) is 3.76. The maximum absolute atomic E-state index is 9.14. The second kappa shape index (κ2) is 4.63. The molecule has 2 aliphatic rings. The van der Waals surface area contributed by atoms with Gasteiger partial charge in [-0.1, -0.05) is 28.4 Å². The number of nitrogens with zero attached hydrogens (tertiary/aromatic N) is 1. The Kier molecular flexibility index (Phi) is 3.12. The molecule has 3 rings (SSSR count). The molecule has 96 valence electrons. The molecule has 0 unspecified atom stereocenters. The highest BCUT2D eigenvalue weighted by molar-refractivity contribution is 6.35. The fourth-order valence-electron chi connectivity index (χ4n) is 3.24. The zero-order chi connectivity index (χ0) is 12.7. The molecule has 0 aromatic heterocycles. The summed E-state index contributed by atoms with van der Waals surface area (Å²) in [6, 6.07) is 5.50. The molecule has 0 saturated heterocycles. The fraction of sp³-hybridized carbons (Fsp3) is 0.462. The van der Waals surface area contributed by atoms with E-state index in [9.17, 15) is 0 Å². The van der Waals surface area contributed by atoms with Crippen molar-refractivity contribution in [1.29, 1.82) is 0 Å². The van der Waals surface area contributed by atoms with Crippen LogP contribution in [0.3, 0.4) is 0 Å². The summed E-state index contributed by atoms with van der Waals surface area (Å²) in [7, 11) is 0. The van der Waals surface area contributed by atoms with Crippen LogP contribution < -0.4 is 5.32 Å². The number of hydrogen-bond donors (Lipinski definition) is 2. The van der Waals surface area contributed by atoms with Crippen LogP contribution in [0.4, 0.5) is 5.69 Å². The summed E-state index contributed by atoms with van der Waals surface area (Å²) < 4.78 is 0. The molecule has 3 nitrogen and oxygen atoms in total. The van der Waals surface area contributed by atoms with Crippen LogP contribution in [0, 0.1) is 11.8 Å². The zero-order valence-electron chi connectivity index (χ0n) is 9.74. The van der Waals surface area contributed by atoms with Crippen molar-refractivity contribution in [2.45, 2.75) is 25.3 Å².